The van der Waals surface area contributed by atoms with Crippen molar-refractivity contribution >= 4 is 11.6 Å². The van der Waals surface area contributed by atoms with Gasteiger partial charge < -0.3 is 10.6 Å². The molecular weight excluding hydrogens is 346 g/mol. The second-order valence-electron chi connectivity index (χ2n) is 6.38. The molecule has 27 heavy (non-hydrogen) atoms. The number of amides is 1. The maximum Gasteiger partial charge on any atom is 0.279 e. The van der Waals surface area contributed by atoms with Gasteiger partial charge in [-0.25, -0.2) is 8.78 Å². The van der Waals surface area contributed by atoms with E-state index in [0.717, 1.165) is 28.8 Å². The number of nitrogens with one attached hydrogen (secondary N) is 1. The van der Waals surface area contributed by atoms with Crippen LogP contribution >= 0.6 is 0 Å². The van der Waals surface area contributed by atoms with Crippen molar-refractivity contribution in [2.75, 3.05) is 11.9 Å². The third-order valence-corrected chi connectivity index (χ3v) is 4.36. The maximum atomic E-state index is 13.7. The fourth-order valence-corrected chi connectivity index (χ4v) is 2.93. The smallest absolute Gasteiger partial charge is 0.279 e. The van der Waals surface area contributed by atoms with Gasteiger partial charge in [-0.3, -0.25) is 4.79 Å². The van der Waals surface area contributed by atoms with E-state index in [9.17, 15) is 13.6 Å². The maximum absolute atomic E-state index is 13.7. The Morgan fingerprint density at radius 1 is 0.889 bits per heavy atom. The number of carbonyl (C=O) groups excluding carboxylic acids is 1. The summed E-state index contributed by atoms with van der Waals surface area (Å²) in [6, 6.07) is 21.3. The van der Waals surface area contributed by atoms with Crippen LogP contribution in [0.5, 0.6) is 0 Å². The zero-order valence-electron chi connectivity index (χ0n) is 15.0. The molecule has 1 atom stereocenters. The number of benzene rings is 3. The predicted molar refractivity (Wildman–Crippen MR) is 101 cm³/mol. The van der Waals surface area contributed by atoms with Crippen molar-refractivity contribution in [1.82, 2.24) is 0 Å². The number of aryl methyl sites for hydroxylation is 1. The Bertz CT molecular complexity index is 891. The van der Waals surface area contributed by atoms with E-state index in [2.05, 4.69) is 5.32 Å². The number of nitrogens with two attached hydrogens (primary N) is 1. The molecule has 0 unspecified atom stereocenters. The number of quaternary nitrogens is 1. The summed E-state index contributed by atoms with van der Waals surface area (Å²) < 4.78 is 27.4. The van der Waals surface area contributed by atoms with Crippen LogP contribution in [-0.2, 0) is 4.79 Å². The number of carbonyl (C=O) groups is 1. The molecule has 3 aromatic rings. The van der Waals surface area contributed by atoms with Gasteiger partial charge in [0.1, 0.15) is 23.4 Å². The molecule has 138 valence electrons. The van der Waals surface area contributed by atoms with Gasteiger partial charge in [0, 0.05) is 11.1 Å². The van der Waals surface area contributed by atoms with Gasteiger partial charge in [-0.2, -0.15) is 0 Å². The van der Waals surface area contributed by atoms with Crippen LogP contribution in [0.25, 0.3) is 0 Å². The van der Waals surface area contributed by atoms with Crippen LogP contribution in [0.2, 0.25) is 0 Å². The third-order valence-electron chi connectivity index (χ3n) is 4.36. The summed E-state index contributed by atoms with van der Waals surface area (Å²) in [5, 5.41) is 4.18. The molecule has 0 fully saturated rings. The molecule has 0 aliphatic carbocycles. The Hall–Kier alpha value is -3.05. The molecule has 1 amide bonds. The molecule has 0 heterocycles. The van der Waals surface area contributed by atoms with Gasteiger partial charge in [-0.1, -0.05) is 66.2 Å². The molecule has 0 radical (unpaired) electrons. The molecule has 5 heteroatoms. The normalized spacial score (nSPS) is 11.8. The van der Waals surface area contributed by atoms with E-state index in [4.69, 9.17) is 0 Å². The van der Waals surface area contributed by atoms with Gasteiger partial charge in [-0.15, -0.1) is 0 Å². The molecule has 0 saturated carbocycles. The molecular formula is C22H21F2N2O+. The van der Waals surface area contributed by atoms with Crippen LogP contribution in [0.3, 0.4) is 0 Å². The predicted octanol–water partition coefficient (Wildman–Crippen LogP) is 3.56. The monoisotopic (exact) mass is 367 g/mol. The quantitative estimate of drug-likeness (QED) is 0.687. The van der Waals surface area contributed by atoms with Gasteiger partial charge in [0.25, 0.3) is 5.91 Å². The summed E-state index contributed by atoms with van der Waals surface area (Å²) in [5.41, 5.74) is 2.84. The Balaban J connectivity index is 1.75. The lowest BCUT2D eigenvalue weighted by Crippen LogP contribution is -2.87. The van der Waals surface area contributed by atoms with E-state index in [1.807, 2.05) is 66.8 Å². The SMILES string of the molecule is Cc1ccc([C@H]([NH2+]CC(=O)Nc2c(F)cccc2F)c2ccccc2)cc1. The number of rotatable bonds is 6. The van der Waals surface area contributed by atoms with E-state index in [-0.39, 0.29) is 12.6 Å². The topological polar surface area (TPSA) is 45.7 Å². The summed E-state index contributed by atoms with van der Waals surface area (Å²) in [4.78, 5) is 12.3. The van der Waals surface area contributed by atoms with E-state index in [0.29, 0.717) is 0 Å². The Labute approximate surface area is 157 Å². The zero-order chi connectivity index (χ0) is 19.2. The van der Waals surface area contributed by atoms with Crippen LogP contribution in [0, 0.1) is 18.6 Å². The van der Waals surface area contributed by atoms with Crippen LogP contribution in [0.15, 0.2) is 72.8 Å². The number of halogens is 2. The van der Waals surface area contributed by atoms with E-state index < -0.39 is 23.2 Å². The minimum absolute atomic E-state index is 0.0290. The van der Waals surface area contributed by atoms with Crippen molar-refractivity contribution in [1.29, 1.82) is 0 Å². The highest BCUT2D eigenvalue weighted by Crippen LogP contribution is 2.19. The largest absolute Gasteiger partial charge is 0.328 e. The van der Waals surface area contributed by atoms with Crippen LogP contribution in [-0.4, -0.2) is 12.5 Å². The average molecular weight is 367 g/mol. The lowest BCUT2D eigenvalue weighted by molar-refractivity contribution is -0.676. The number of hydrogen-bond acceptors (Lipinski definition) is 1. The lowest BCUT2D eigenvalue weighted by Gasteiger charge is -2.17. The van der Waals surface area contributed by atoms with E-state index >= 15 is 0 Å². The molecule has 3 aromatic carbocycles. The minimum atomic E-state index is -0.790. The number of hydrogen-bond donors (Lipinski definition) is 2. The molecule has 0 aliphatic rings. The van der Waals surface area contributed by atoms with Gasteiger partial charge in [0.2, 0.25) is 0 Å². The molecule has 0 aliphatic heterocycles. The highest BCUT2D eigenvalue weighted by Gasteiger charge is 2.20. The van der Waals surface area contributed by atoms with Gasteiger partial charge in [0.05, 0.1) is 0 Å². The standard InChI is InChI=1S/C22H20F2N2O/c1-15-10-12-17(13-11-15)21(16-6-3-2-4-7-16)25-14-20(27)26-22-18(23)8-5-9-19(22)24/h2-13,21,25H,14H2,1H3,(H,26,27)/p+1/t21-/m1/s1. The van der Waals surface area contributed by atoms with Crippen molar-refractivity contribution < 1.29 is 18.9 Å². The van der Waals surface area contributed by atoms with E-state index in [1.54, 1.807) is 0 Å². The summed E-state index contributed by atoms with van der Waals surface area (Å²) in [5.74, 6) is -2.05. The van der Waals surface area contributed by atoms with Crippen molar-refractivity contribution in [3.63, 3.8) is 0 Å². The van der Waals surface area contributed by atoms with Gasteiger partial charge in [-0.05, 0) is 19.1 Å². The Morgan fingerprint density at radius 3 is 2.11 bits per heavy atom. The van der Waals surface area contributed by atoms with Crippen molar-refractivity contribution in [2.24, 2.45) is 0 Å². The fourth-order valence-electron chi connectivity index (χ4n) is 2.93. The first-order valence-electron chi connectivity index (χ1n) is 8.73. The van der Waals surface area contributed by atoms with Gasteiger partial charge in [0.15, 0.2) is 6.54 Å². The molecule has 0 bridgehead atoms. The zero-order valence-corrected chi connectivity index (χ0v) is 15.0. The molecule has 0 saturated heterocycles. The molecule has 0 aromatic heterocycles. The second kappa shape index (κ2) is 8.56. The number of para-hydroxylation sites is 1. The molecule has 3 N–H and O–H groups in total. The highest BCUT2D eigenvalue weighted by molar-refractivity contribution is 5.91. The lowest BCUT2D eigenvalue weighted by atomic mass is 9.98. The van der Waals surface area contributed by atoms with Gasteiger partial charge >= 0.3 is 0 Å². The van der Waals surface area contributed by atoms with Crippen LogP contribution < -0.4 is 10.6 Å². The second-order valence-corrected chi connectivity index (χ2v) is 6.38. The van der Waals surface area contributed by atoms with Crippen molar-refractivity contribution in [2.45, 2.75) is 13.0 Å². The van der Waals surface area contributed by atoms with Crippen molar-refractivity contribution in [3.8, 4) is 0 Å². The molecule has 3 rings (SSSR count). The summed E-state index contributed by atoms with van der Waals surface area (Å²) >= 11 is 0. The van der Waals surface area contributed by atoms with Crippen LogP contribution in [0.1, 0.15) is 22.7 Å². The fraction of sp³-hybridized carbons (Fsp3) is 0.136. The first kappa shape index (κ1) is 18.7. The van der Waals surface area contributed by atoms with Crippen LogP contribution in [0.4, 0.5) is 14.5 Å². The Kier molecular flexibility index (Phi) is 5.94. The Morgan fingerprint density at radius 2 is 1.48 bits per heavy atom. The number of anilines is 1. The minimum Gasteiger partial charge on any atom is -0.328 e. The summed E-state index contributed by atoms with van der Waals surface area (Å²) in [6.45, 7) is 2.04. The van der Waals surface area contributed by atoms with E-state index in [1.165, 1.54) is 6.07 Å². The summed E-state index contributed by atoms with van der Waals surface area (Å²) in [7, 11) is 0. The van der Waals surface area contributed by atoms with Crippen molar-refractivity contribution in [3.05, 3.63) is 101 Å². The first-order chi connectivity index (χ1) is 13.0. The third kappa shape index (κ3) is 4.77. The highest BCUT2D eigenvalue weighted by atomic mass is 19.1. The summed E-state index contributed by atoms with van der Waals surface area (Å²) in [6.07, 6.45) is 0. The molecule has 3 nitrogen and oxygen atoms in total. The first-order valence-corrected chi connectivity index (χ1v) is 8.73. The average Bonchev–Trinajstić information content (AvgIpc) is 2.67. The molecule has 0 spiro atoms.